The van der Waals surface area contributed by atoms with Crippen LogP contribution < -0.4 is 15.6 Å². The van der Waals surface area contributed by atoms with E-state index in [1.807, 2.05) is 24.3 Å². The lowest BCUT2D eigenvalue weighted by Crippen LogP contribution is -2.56. The minimum absolute atomic E-state index is 0.00259. The summed E-state index contributed by atoms with van der Waals surface area (Å²) < 4.78 is 5.11. The minimum atomic E-state index is -0.320. The summed E-state index contributed by atoms with van der Waals surface area (Å²) in [5, 5.41) is 0. The van der Waals surface area contributed by atoms with Crippen LogP contribution in [-0.2, 0) is 9.59 Å². The highest BCUT2D eigenvalue weighted by Crippen LogP contribution is 2.59. The van der Waals surface area contributed by atoms with E-state index in [0.717, 1.165) is 30.6 Å². The minimum Gasteiger partial charge on any atom is -0.497 e. The van der Waals surface area contributed by atoms with Gasteiger partial charge >= 0.3 is 0 Å². The van der Waals surface area contributed by atoms with Crippen LogP contribution in [0.15, 0.2) is 30.3 Å². The van der Waals surface area contributed by atoms with Gasteiger partial charge in [-0.25, -0.2) is 0 Å². The van der Waals surface area contributed by atoms with E-state index < -0.39 is 0 Å². The van der Waals surface area contributed by atoms with E-state index in [1.165, 1.54) is 25.3 Å². The predicted octanol–water partition coefficient (Wildman–Crippen LogP) is 3.07. The Morgan fingerprint density at radius 1 is 1.00 bits per heavy atom. The molecule has 2 N–H and O–H groups in total. The van der Waals surface area contributed by atoms with Gasteiger partial charge in [0, 0.05) is 6.08 Å². The number of nitrogens with one attached hydrogen (secondary N) is 2. The van der Waals surface area contributed by atoms with E-state index in [9.17, 15) is 9.59 Å². The second kappa shape index (κ2) is 6.78. The Bertz CT molecular complexity index is 688. The Morgan fingerprint density at radius 2 is 1.58 bits per heavy atom. The van der Waals surface area contributed by atoms with Crippen LogP contribution in [0.5, 0.6) is 5.75 Å². The number of hydrogen-bond donors (Lipinski definition) is 2. The van der Waals surface area contributed by atoms with E-state index in [1.54, 1.807) is 13.2 Å². The van der Waals surface area contributed by atoms with E-state index in [0.29, 0.717) is 17.8 Å². The molecule has 0 atom stereocenters. The van der Waals surface area contributed by atoms with Gasteiger partial charge in [0.25, 0.3) is 5.91 Å². The average molecular weight is 354 g/mol. The molecule has 0 spiro atoms. The van der Waals surface area contributed by atoms with Gasteiger partial charge in [-0.3, -0.25) is 20.4 Å². The summed E-state index contributed by atoms with van der Waals surface area (Å²) in [6, 6.07) is 7.42. The summed E-state index contributed by atoms with van der Waals surface area (Å²) in [6.45, 7) is 0. The largest absolute Gasteiger partial charge is 0.497 e. The van der Waals surface area contributed by atoms with Gasteiger partial charge in [0.15, 0.2) is 0 Å². The van der Waals surface area contributed by atoms with E-state index in [2.05, 4.69) is 10.9 Å². The second-order valence-corrected chi connectivity index (χ2v) is 8.25. The fourth-order valence-corrected chi connectivity index (χ4v) is 5.57. The van der Waals surface area contributed by atoms with Crippen LogP contribution in [0.25, 0.3) is 6.08 Å². The summed E-state index contributed by atoms with van der Waals surface area (Å²) in [5.74, 6) is 2.57. The zero-order valence-electron chi connectivity index (χ0n) is 15.2. The predicted molar refractivity (Wildman–Crippen MR) is 98.9 cm³/mol. The van der Waals surface area contributed by atoms with Gasteiger partial charge in [-0.2, -0.15) is 0 Å². The molecule has 0 aliphatic heterocycles. The standard InChI is InChI=1S/C21H26N2O3/c1-26-18-5-2-14(3-6-18)4-7-19(24)22-23-20(25)21-11-15-8-16(12-21)10-17(9-15)13-21/h2-7,15-17H,8-13H2,1H3,(H,22,24)(H,23,25)/b7-4+. The quantitative estimate of drug-likeness (QED) is 0.645. The molecule has 4 aliphatic rings. The number of rotatable bonds is 4. The molecule has 5 rings (SSSR count). The zero-order chi connectivity index (χ0) is 18.1. The van der Waals surface area contributed by atoms with Crippen LogP contribution >= 0.6 is 0 Å². The highest BCUT2D eigenvalue weighted by atomic mass is 16.5. The molecule has 1 aromatic rings. The van der Waals surface area contributed by atoms with Gasteiger partial charge in [0.05, 0.1) is 12.5 Å². The number of hydrogen-bond acceptors (Lipinski definition) is 3. The fourth-order valence-electron chi connectivity index (χ4n) is 5.57. The van der Waals surface area contributed by atoms with Gasteiger partial charge in [-0.05, 0) is 80.1 Å². The molecule has 4 bridgehead atoms. The van der Waals surface area contributed by atoms with Crippen molar-refractivity contribution in [1.82, 2.24) is 10.9 Å². The highest BCUT2D eigenvalue weighted by molar-refractivity contribution is 5.94. The van der Waals surface area contributed by atoms with Crippen LogP contribution in [0.1, 0.15) is 44.1 Å². The zero-order valence-corrected chi connectivity index (χ0v) is 15.2. The van der Waals surface area contributed by atoms with Crippen molar-refractivity contribution < 1.29 is 14.3 Å². The van der Waals surface area contributed by atoms with Crippen molar-refractivity contribution >= 4 is 17.9 Å². The molecule has 5 nitrogen and oxygen atoms in total. The SMILES string of the molecule is COc1ccc(/C=C/C(=O)NNC(=O)C23CC4CC(CC(C4)C2)C3)cc1. The van der Waals surface area contributed by atoms with E-state index >= 15 is 0 Å². The molecule has 5 heteroatoms. The number of benzene rings is 1. The van der Waals surface area contributed by atoms with Crippen LogP contribution in [0.4, 0.5) is 0 Å². The highest BCUT2D eigenvalue weighted by Gasteiger charge is 2.54. The summed E-state index contributed by atoms with van der Waals surface area (Å²) >= 11 is 0. The van der Waals surface area contributed by atoms with Crippen molar-refractivity contribution in [3.8, 4) is 5.75 Å². The molecule has 138 valence electrons. The summed E-state index contributed by atoms with van der Waals surface area (Å²) in [7, 11) is 1.62. The molecule has 26 heavy (non-hydrogen) atoms. The van der Waals surface area contributed by atoms with E-state index in [4.69, 9.17) is 4.74 Å². The first-order valence-electron chi connectivity index (χ1n) is 9.49. The molecule has 0 radical (unpaired) electrons. The molecule has 4 aliphatic carbocycles. The third-order valence-electron chi connectivity index (χ3n) is 6.36. The number of methoxy groups -OCH3 is 1. The van der Waals surface area contributed by atoms with Crippen LogP contribution in [-0.4, -0.2) is 18.9 Å². The lowest BCUT2D eigenvalue weighted by molar-refractivity contribution is -0.148. The van der Waals surface area contributed by atoms with Gasteiger partial charge < -0.3 is 4.74 Å². The molecule has 0 aromatic heterocycles. The third kappa shape index (κ3) is 3.35. The topological polar surface area (TPSA) is 67.4 Å². The van der Waals surface area contributed by atoms with Crippen molar-refractivity contribution in [2.75, 3.05) is 7.11 Å². The lowest BCUT2D eigenvalue weighted by atomic mass is 9.49. The molecule has 0 saturated heterocycles. The number of carbonyl (C=O) groups is 2. The van der Waals surface area contributed by atoms with Crippen molar-refractivity contribution in [2.45, 2.75) is 38.5 Å². The monoisotopic (exact) mass is 354 g/mol. The molecule has 0 heterocycles. The van der Waals surface area contributed by atoms with Gasteiger partial charge in [0.1, 0.15) is 5.75 Å². The Hall–Kier alpha value is -2.30. The first-order chi connectivity index (χ1) is 12.6. The summed E-state index contributed by atoms with van der Waals surface area (Å²) in [4.78, 5) is 24.8. The van der Waals surface area contributed by atoms with Crippen molar-refractivity contribution in [3.05, 3.63) is 35.9 Å². The first-order valence-corrected chi connectivity index (χ1v) is 9.49. The fraction of sp³-hybridized carbons (Fsp3) is 0.524. The summed E-state index contributed by atoms with van der Waals surface area (Å²) in [5.41, 5.74) is 5.88. The van der Waals surface area contributed by atoms with Crippen molar-refractivity contribution in [1.29, 1.82) is 0 Å². The average Bonchev–Trinajstić information content (AvgIpc) is 2.63. The van der Waals surface area contributed by atoms with Gasteiger partial charge in [-0.15, -0.1) is 0 Å². The Balaban J connectivity index is 1.31. The molecule has 1 aromatic carbocycles. The Morgan fingerprint density at radius 3 is 2.12 bits per heavy atom. The number of amides is 2. The lowest BCUT2D eigenvalue weighted by Gasteiger charge is -2.55. The van der Waals surface area contributed by atoms with Gasteiger partial charge in [0.2, 0.25) is 5.91 Å². The van der Waals surface area contributed by atoms with Gasteiger partial charge in [-0.1, -0.05) is 12.1 Å². The number of hydrazine groups is 1. The molecular formula is C21H26N2O3. The second-order valence-electron chi connectivity index (χ2n) is 8.25. The maximum absolute atomic E-state index is 12.8. The Kier molecular flexibility index (Phi) is 4.47. The number of ether oxygens (including phenoxy) is 1. The van der Waals surface area contributed by atoms with Crippen LogP contribution in [0.2, 0.25) is 0 Å². The Labute approximate surface area is 154 Å². The maximum Gasteiger partial charge on any atom is 0.262 e. The molecule has 4 saturated carbocycles. The molecule has 4 fully saturated rings. The summed E-state index contributed by atoms with van der Waals surface area (Å²) in [6.07, 6.45) is 10.00. The first kappa shape index (κ1) is 17.1. The van der Waals surface area contributed by atoms with Crippen molar-refractivity contribution in [2.24, 2.45) is 23.2 Å². The third-order valence-corrected chi connectivity index (χ3v) is 6.36. The number of carbonyl (C=O) groups excluding carboxylic acids is 2. The molecule has 0 unspecified atom stereocenters. The van der Waals surface area contributed by atoms with Crippen LogP contribution in [0.3, 0.4) is 0 Å². The normalized spacial score (nSPS) is 31.8. The van der Waals surface area contributed by atoms with Crippen LogP contribution in [0, 0.1) is 23.2 Å². The molecule has 2 amide bonds. The van der Waals surface area contributed by atoms with Crippen molar-refractivity contribution in [3.63, 3.8) is 0 Å². The smallest absolute Gasteiger partial charge is 0.262 e. The maximum atomic E-state index is 12.8. The molecular weight excluding hydrogens is 328 g/mol. The van der Waals surface area contributed by atoms with E-state index in [-0.39, 0.29) is 17.2 Å².